The molecule has 0 unspecified atom stereocenters. The Kier molecular flexibility index (Phi) is 4.79. The molecule has 0 radical (unpaired) electrons. The topological polar surface area (TPSA) is 64.6 Å². The maximum absolute atomic E-state index is 12.3. The monoisotopic (exact) mass is 315 g/mol. The molecule has 1 heterocycles. The van der Waals surface area contributed by atoms with Crippen molar-refractivity contribution in [2.24, 2.45) is 0 Å². The number of rotatable bonds is 5. The van der Waals surface area contributed by atoms with Gasteiger partial charge in [-0.3, -0.25) is 14.9 Å². The molecule has 2 rings (SSSR count). The first-order valence-corrected chi connectivity index (χ1v) is 6.77. The van der Waals surface area contributed by atoms with E-state index in [1.54, 1.807) is 6.92 Å². The lowest BCUT2D eigenvalue weighted by molar-refractivity contribution is -0.115. The summed E-state index contributed by atoms with van der Waals surface area (Å²) in [7, 11) is 0. The molecule has 1 aromatic rings. The number of amides is 2. The van der Waals surface area contributed by atoms with Crippen molar-refractivity contribution in [2.45, 2.75) is 13.5 Å². The van der Waals surface area contributed by atoms with E-state index in [2.05, 4.69) is 10.1 Å². The summed E-state index contributed by atoms with van der Waals surface area (Å²) in [5.41, 5.74) is 0.535. The number of benzene rings is 1. The van der Waals surface area contributed by atoms with Crippen LogP contribution in [0.5, 0.6) is 11.5 Å². The summed E-state index contributed by atoms with van der Waals surface area (Å²) >= 11 is 0.772. The minimum atomic E-state index is -2.96. The first kappa shape index (κ1) is 15.3. The number of carbonyl (C=O) groups excluding carboxylic acids is 2. The van der Waals surface area contributed by atoms with Crippen LogP contribution < -0.4 is 14.8 Å². The maximum Gasteiger partial charge on any atom is 0.387 e. The summed E-state index contributed by atoms with van der Waals surface area (Å²) in [4.78, 5) is 22.7. The van der Waals surface area contributed by atoms with E-state index in [1.165, 1.54) is 24.3 Å². The number of imide groups is 1. The van der Waals surface area contributed by atoms with Gasteiger partial charge in [0, 0.05) is 0 Å². The van der Waals surface area contributed by atoms with Crippen LogP contribution in [0.15, 0.2) is 23.1 Å². The van der Waals surface area contributed by atoms with E-state index in [4.69, 9.17) is 4.74 Å². The summed E-state index contributed by atoms with van der Waals surface area (Å²) in [5.74, 6) is -0.439. The van der Waals surface area contributed by atoms with Crippen LogP contribution in [0.25, 0.3) is 6.08 Å². The molecular weight excluding hydrogens is 304 g/mol. The van der Waals surface area contributed by atoms with Crippen molar-refractivity contribution in [3.8, 4) is 11.5 Å². The van der Waals surface area contributed by atoms with Gasteiger partial charge in [0.05, 0.1) is 11.5 Å². The van der Waals surface area contributed by atoms with Crippen LogP contribution in [0.4, 0.5) is 13.6 Å². The quantitative estimate of drug-likeness (QED) is 0.846. The lowest BCUT2D eigenvalue weighted by Gasteiger charge is -2.11. The number of halogens is 2. The van der Waals surface area contributed by atoms with Crippen LogP contribution in [-0.4, -0.2) is 24.4 Å². The third-order valence-electron chi connectivity index (χ3n) is 2.42. The molecule has 1 N–H and O–H groups in total. The van der Waals surface area contributed by atoms with Gasteiger partial charge < -0.3 is 9.47 Å². The Hall–Kier alpha value is -2.09. The highest BCUT2D eigenvalue weighted by Gasteiger charge is 2.25. The average molecular weight is 315 g/mol. The van der Waals surface area contributed by atoms with Gasteiger partial charge in [0.15, 0.2) is 11.5 Å². The van der Waals surface area contributed by atoms with E-state index in [1.807, 2.05) is 0 Å². The second-order valence-electron chi connectivity index (χ2n) is 3.87. The van der Waals surface area contributed by atoms with Gasteiger partial charge in [-0.15, -0.1) is 0 Å². The summed E-state index contributed by atoms with van der Waals surface area (Å²) in [6.45, 7) is -0.981. The number of carbonyl (C=O) groups is 2. The maximum atomic E-state index is 12.3. The van der Waals surface area contributed by atoms with E-state index in [-0.39, 0.29) is 23.0 Å². The molecule has 1 fully saturated rings. The predicted octanol–water partition coefficient (Wildman–Crippen LogP) is 3.01. The summed E-state index contributed by atoms with van der Waals surface area (Å²) in [5, 5.41) is 1.68. The van der Waals surface area contributed by atoms with E-state index in [9.17, 15) is 18.4 Å². The van der Waals surface area contributed by atoms with Crippen LogP contribution in [0.1, 0.15) is 12.5 Å². The predicted molar refractivity (Wildman–Crippen MR) is 73.3 cm³/mol. The number of alkyl halides is 2. The Morgan fingerprint density at radius 1 is 1.33 bits per heavy atom. The first-order valence-electron chi connectivity index (χ1n) is 5.96. The Balaban J connectivity index is 2.29. The Bertz CT molecular complexity index is 604. The van der Waals surface area contributed by atoms with Crippen LogP contribution in [0, 0.1) is 0 Å². The minimum Gasteiger partial charge on any atom is -0.490 e. The summed E-state index contributed by atoms with van der Waals surface area (Å²) in [6, 6.07) is 4.28. The number of nitrogens with one attached hydrogen (secondary N) is 1. The Labute approximate surface area is 123 Å². The molecule has 2 amide bonds. The standard InChI is InChI=1S/C13H11F2NO4S/c1-2-19-9-5-7(3-4-8(9)20-12(14)15)6-10-11(17)16-13(18)21-10/h3-6,12H,2H2,1H3,(H,16,17,18)/b10-6-. The molecule has 21 heavy (non-hydrogen) atoms. The average Bonchev–Trinajstić information content (AvgIpc) is 2.71. The van der Waals surface area contributed by atoms with Gasteiger partial charge in [-0.2, -0.15) is 8.78 Å². The van der Waals surface area contributed by atoms with Crippen molar-refractivity contribution in [1.82, 2.24) is 5.32 Å². The van der Waals surface area contributed by atoms with Gasteiger partial charge in [-0.1, -0.05) is 6.07 Å². The molecule has 0 aromatic heterocycles. The zero-order valence-electron chi connectivity index (χ0n) is 10.9. The van der Waals surface area contributed by atoms with Gasteiger partial charge in [0.2, 0.25) is 0 Å². The normalized spacial score (nSPS) is 16.5. The van der Waals surface area contributed by atoms with Crippen molar-refractivity contribution >= 4 is 29.0 Å². The van der Waals surface area contributed by atoms with Crippen LogP contribution >= 0.6 is 11.8 Å². The number of hydrogen-bond donors (Lipinski definition) is 1. The van der Waals surface area contributed by atoms with Crippen molar-refractivity contribution in [3.05, 3.63) is 28.7 Å². The molecular formula is C13H11F2NO4S. The second kappa shape index (κ2) is 6.57. The number of hydrogen-bond acceptors (Lipinski definition) is 5. The van der Waals surface area contributed by atoms with Crippen LogP contribution in [-0.2, 0) is 4.79 Å². The zero-order valence-corrected chi connectivity index (χ0v) is 11.7. The smallest absolute Gasteiger partial charge is 0.387 e. The highest BCUT2D eigenvalue weighted by molar-refractivity contribution is 8.18. The first-order chi connectivity index (χ1) is 9.99. The zero-order chi connectivity index (χ0) is 15.4. The van der Waals surface area contributed by atoms with Gasteiger partial charge in [-0.25, -0.2) is 0 Å². The third kappa shape index (κ3) is 3.94. The van der Waals surface area contributed by atoms with Crippen molar-refractivity contribution < 1.29 is 27.8 Å². The molecule has 1 aliphatic heterocycles. The van der Waals surface area contributed by atoms with E-state index in [0.717, 1.165) is 11.8 Å². The highest BCUT2D eigenvalue weighted by atomic mass is 32.2. The van der Waals surface area contributed by atoms with E-state index < -0.39 is 17.8 Å². The lowest BCUT2D eigenvalue weighted by Crippen LogP contribution is -2.17. The molecule has 1 aromatic carbocycles. The lowest BCUT2D eigenvalue weighted by atomic mass is 10.2. The molecule has 0 spiro atoms. The largest absolute Gasteiger partial charge is 0.490 e. The highest BCUT2D eigenvalue weighted by Crippen LogP contribution is 2.32. The molecule has 0 bridgehead atoms. The molecule has 0 saturated carbocycles. The SMILES string of the molecule is CCOc1cc(/C=C2\SC(=O)NC2=O)ccc1OC(F)F. The van der Waals surface area contributed by atoms with Gasteiger partial charge in [0.1, 0.15) is 0 Å². The fourth-order valence-corrected chi connectivity index (χ4v) is 2.33. The van der Waals surface area contributed by atoms with E-state index in [0.29, 0.717) is 5.56 Å². The van der Waals surface area contributed by atoms with Gasteiger partial charge in [-0.05, 0) is 42.5 Å². The number of thioether (sulfide) groups is 1. The molecule has 8 heteroatoms. The van der Waals surface area contributed by atoms with Gasteiger partial charge >= 0.3 is 6.61 Å². The Morgan fingerprint density at radius 3 is 2.67 bits per heavy atom. The van der Waals surface area contributed by atoms with Crippen LogP contribution in [0.2, 0.25) is 0 Å². The van der Waals surface area contributed by atoms with Gasteiger partial charge in [0.25, 0.3) is 11.1 Å². The number of ether oxygens (including phenoxy) is 2. The fraction of sp³-hybridized carbons (Fsp3) is 0.231. The minimum absolute atomic E-state index is 0.0893. The molecule has 1 aliphatic rings. The fourth-order valence-electron chi connectivity index (χ4n) is 1.65. The summed E-state index contributed by atoms with van der Waals surface area (Å²) < 4.78 is 34.1. The molecule has 112 valence electrons. The molecule has 0 atom stereocenters. The third-order valence-corrected chi connectivity index (χ3v) is 3.23. The Morgan fingerprint density at radius 2 is 2.10 bits per heavy atom. The van der Waals surface area contributed by atoms with Crippen molar-refractivity contribution in [3.63, 3.8) is 0 Å². The van der Waals surface area contributed by atoms with E-state index >= 15 is 0 Å². The molecule has 1 saturated heterocycles. The summed E-state index contributed by atoms with van der Waals surface area (Å²) in [6.07, 6.45) is 1.47. The second-order valence-corrected chi connectivity index (χ2v) is 4.88. The molecule has 5 nitrogen and oxygen atoms in total. The molecule has 0 aliphatic carbocycles. The van der Waals surface area contributed by atoms with Crippen molar-refractivity contribution in [2.75, 3.05) is 6.61 Å². The van der Waals surface area contributed by atoms with Crippen LogP contribution in [0.3, 0.4) is 0 Å². The van der Waals surface area contributed by atoms with Crippen molar-refractivity contribution in [1.29, 1.82) is 0 Å².